The molecule has 5 rings (SSSR count). The highest BCUT2D eigenvalue weighted by Crippen LogP contribution is 2.30. The summed E-state index contributed by atoms with van der Waals surface area (Å²) in [5, 5.41) is 4.49. The molecule has 1 aliphatic rings. The van der Waals surface area contributed by atoms with E-state index in [4.69, 9.17) is 10.7 Å². The Morgan fingerprint density at radius 2 is 1.64 bits per heavy atom. The van der Waals surface area contributed by atoms with E-state index < -0.39 is 0 Å². The average molecular weight is 482 g/mol. The lowest BCUT2D eigenvalue weighted by atomic mass is 9.98. The topological polar surface area (TPSA) is 76.1 Å². The average Bonchev–Trinajstić information content (AvgIpc) is 3.35. The number of nitrogens with zero attached hydrogens (tertiary/aromatic N) is 6. The normalized spacial score (nSPS) is 15.0. The number of hydrogen-bond acceptors (Lipinski definition) is 6. The molecule has 0 aliphatic carbocycles. The Balaban J connectivity index is 1.35. The minimum Gasteiger partial charge on any atom is -0.325 e. The van der Waals surface area contributed by atoms with Crippen molar-refractivity contribution in [3.63, 3.8) is 0 Å². The van der Waals surface area contributed by atoms with Crippen LogP contribution in [0.15, 0.2) is 67.1 Å². The molecule has 36 heavy (non-hydrogen) atoms. The fraction of sp³-hybridized carbons (Fsp3) is 0.345. The van der Waals surface area contributed by atoms with Crippen LogP contribution in [0.1, 0.15) is 25.1 Å². The zero-order valence-corrected chi connectivity index (χ0v) is 21.4. The van der Waals surface area contributed by atoms with Gasteiger partial charge in [0.15, 0.2) is 0 Å². The van der Waals surface area contributed by atoms with Gasteiger partial charge in [0.1, 0.15) is 5.69 Å². The minimum atomic E-state index is 0.375. The van der Waals surface area contributed by atoms with Crippen LogP contribution in [0.5, 0.6) is 0 Å². The van der Waals surface area contributed by atoms with Crippen LogP contribution in [0.3, 0.4) is 0 Å². The molecule has 4 heterocycles. The molecule has 1 saturated heterocycles. The van der Waals surface area contributed by atoms with E-state index in [9.17, 15) is 0 Å². The van der Waals surface area contributed by atoms with Crippen LogP contribution >= 0.6 is 0 Å². The zero-order valence-electron chi connectivity index (χ0n) is 21.4. The number of pyridine rings is 2. The fourth-order valence-electron chi connectivity index (χ4n) is 4.85. The van der Waals surface area contributed by atoms with Crippen LogP contribution in [0.25, 0.3) is 33.6 Å². The number of nitrogens with two attached hydrogens (primary N) is 1. The number of aromatic nitrogens is 4. The van der Waals surface area contributed by atoms with E-state index in [2.05, 4.69) is 70.1 Å². The maximum absolute atomic E-state index is 6.06. The van der Waals surface area contributed by atoms with Crippen LogP contribution in [0, 0.1) is 0 Å². The Labute approximate surface area is 213 Å². The van der Waals surface area contributed by atoms with Gasteiger partial charge in [-0.3, -0.25) is 24.4 Å². The third-order valence-electron chi connectivity index (χ3n) is 7.04. The first kappa shape index (κ1) is 24.3. The molecule has 1 aromatic carbocycles. The Morgan fingerprint density at radius 3 is 2.31 bits per heavy atom. The van der Waals surface area contributed by atoms with E-state index in [-0.39, 0.29) is 0 Å². The van der Waals surface area contributed by atoms with E-state index >= 15 is 0 Å². The van der Waals surface area contributed by atoms with E-state index in [1.165, 1.54) is 5.56 Å². The summed E-state index contributed by atoms with van der Waals surface area (Å²) in [5.74, 6) is 0. The fourth-order valence-corrected chi connectivity index (χ4v) is 4.85. The van der Waals surface area contributed by atoms with Crippen LogP contribution in [-0.4, -0.2) is 61.8 Å². The summed E-state index contributed by atoms with van der Waals surface area (Å²) in [4.78, 5) is 14.3. The smallest absolute Gasteiger partial charge is 0.111 e. The van der Waals surface area contributed by atoms with Crippen LogP contribution in [-0.2, 0) is 20.1 Å². The molecule has 1 fully saturated rings. The molecule has 0 bridgehead atoms. The summed E-state index contributed by atoms with van der Waals surface area (Å²) in [6, 6.07) is 17.7. The summed E-state index contributed by atoms with van der Waals surface area (Å²) in [6.07, 6.45) is 5.67. The number of benzene rings is 1. The molecule has 3 aromatic heterocycles. The largest absolute Gasteiger partial charge is 0.325 e. The summed E-state index contributed by atoms with van der Waals surface area (Å²) in [5.41, 5.74) is 14.3. The van der Waals surface area contributed by atoms with E-state index in [0.29, 0.717) is 12.6 Å². The number of hydrogen-bond donors (Lipinski definition) is 1. The van der Waals surface area contributed by atoms with Gasteiger partial charge in [0.2, 0.25) is 0 Å². The highest BCUT2D eigenvalue weighted by Gasteiger charge is 2.19. The van der Waals surface area contributed by atoms with Crippen molar-refractivity contribution in [2.75, 3.05) is 26.2 Å². The van der Waals surface area contributed by atoms with Gasteiger partial charge >= 0.3 is 0 Å². The molecule has 0 atom stereocenters. The number of piperazine rings is 1. The lowest BCUT2D eigenvalue weighted by Gasteiger charge is -2.36. The van der Waals surface area contributed by atoms with E-state index in [1.807, 2.05) is 37.8 Å². The monoisotopic (exact) mass is 481 g/mol. The maximum Gasteiger partial charge on any atom is 0.111 e. The van der Waals surface area contributed by atoms with Gasteiger partial charge in [-0.2, -0.15) is 5.10 Å². The third-order valence-corrected chi connectivity index (χ3v) is 7.04. The molecule has 0 spiro atoms. The molecule has 186 valence electrons. The van der Waals surface area contributed by atoms with Crippen LogP contribution < -0.4 is 5.73 Å². The Hall–Kier alpha value is -3.39. The van der Waals surface area contributed by atoms with Gasteiger partial charge in [0.25, 0.3) is 0 Å². The predicted octanol–water partition coefficient (Wildman–Crippen LogP) is 4.20. The highest BCUT2D eigenvalue weighted by molar-refractivity contribution is 5.76. The van der Waals surface area contributed by atoms with Crippen molar-refractivity contribution in [1.82, 2.24) is 29.5 Å². The second kappa shape index (κ2) is 10.7. The first-order valence-electron chi connectivity index (χ1n) is 12.7. The second-order valence-electron chi connectivity index (χ2n) is 9.83. The van der Waals surface area contributed by atoms with Gasteiger partial charge in [-0.05, 0) is 54.8 Å². The summed E-state index contributed by atoms with van der Waals surface area (Å²) in [6.45, 7) is 10.5. The third kappa shape index (κ3) is 5.38. The Bertz CT molecular complexity index is 1300. The van der Waals surface area contributed by atoms with E-state index in [0.717, 1.165) is 72.1 Å². The van der Waals surface area contributed by atoms with Gasteiger partial charge < -0.3 is 5.73 Å². The SMILES string of the molecule is CC(C)N1CCN(Cc2ccc(-c3cnc(CN)c(-c4ccnc(-c5ccn(C)n5)c4)c3)cc2)CC1. The predicted molar refractivity (Wildman–Crippen MR) is 145 cm³/mol. The Kier molecular flexibility index (Phi) is 7.23. The molecule has 1 aliphatic heterocycles. The second-order valence-corrected chi connectivity index (χ2v) is 9.83. The lowest BCUT2D eigenvalue weighted by Crippen LogP contribution is -2.48. The molecule has 0 unspecified atom stereocenters. The van der Waals surface area contributed by atoms with Gasteiger partial charge in [0.05, 0.1) is 11.4 Å². The van der Waals surface area contributed by atoms with Gasteiger partial charge in [-0.1, -0.05) is 24.3 Å². The molecule has 0 radical (unpaired) electrons. The zero-order chi connectivity index (χ0) is 25.1. The maximum atomic E-state index is 6.06. The molecule has 2 N–H and O–H groups in total. The van der Waals surface area contributed by atoms with Gasteiger partial charge in [0, 0.05) is 82.1 Å². The van der Waals surface area contributed by atoms with Crippen molar-refractivity contribution in [3.05, 3.63) is 78.4 Å². The molecular weight excluding hydrogens is 446 g/mol. The molecule has 7 nitrogen and oxygen atoms in total. The van der Waals surface area contributed by atoms with Gasteiger partial charge in [-0.15, -0.1) is 0 Å². The standard InChI is InChI=1S/C29H35N7/c1-21(2)36-14-12-35(13-15-36)20-22-4-6-23(7-5-22)25-16-26(29(18-30)32-19-25)24-8-10-31-28(17-24)27-9-11-34(3)33-27/h4-11,16-17,19,21H,12-15,18,20,30H2,1-3H3. The molecular formula is C29H35N7. The molecule has 0 saturated carbocycles. The minimum absolute atomic E-state index is 0.375. The van der Waals surface area contributed by atoms with Crippen molar-refractivity contribution >= 4 is 0 Å². The summed E-state index contributed by atoms with van der Waals surface area (Å²) < 4.78 is 1.78. The van der Waals surface area contributed by atoms with Crippen LogP contribution in [0.2, 0.25) is 0 Å². The molecule has 7 heteroatoms. The quantitative estimate of drug-likeness (QED) is 0.426. The molecule has 4 aromatic rings. The molecule has 0 amide bonds. The van der Waals surface area contributed by atoms with Gasteiger partial charge in [-0.25, -0.2) is 0 Å². The number of aryl methyl sites for hydroxylation is 1. The first-order valence-corrected chi connectivity index (χ1v) is 12.7. The Morgan fingerprint density at radius 1 is 0.861 bits per heavy atom. The summed E-state index contributed by atoms with van der Waals surface area (Å²) in [7, 11) is 1.91. The van der Waals surface area contributed by atoms with Crippen molar-refractivity contribution < 1.29 is 0 Å². The summed E-state index contributed by atoms with van der Waals surface area (Å²) >= 11 is 0. The number of rotatable bonds is 7. The van der Waals surface area contributed by atoms with Crippen molar-refractivity contribution in [3.8, 4) is 33.6 Å². The lowest BCUT2D eigenvalue weighted by molar-refractivity contribution is 0.104. The van der Waals surface area contributed by atoms with Crippen LogP contribution in [0.4, 0.5) is 0 Å². The van der Waals surface area contributed by atoms with Crippen molar-refractivity contribution in [1.29, 1.82) is 0 Å². The van der Waals surface area contributed by atoms with E-state index in [1.54, 1.807) is 4.68 Å². The van der Waals surface area contributed by atoms with Crippen molar-refractivity contribution in [2.45, 2.75) is 33.0 Å². The highest BCUT2D eigenvalue weighted by atomic mass is 15.3. The first-order chi connectivity index (χ1) is 17.5. The van der Waals surface area contributed by atoms with Crippen molar-refractivity contribution in [2.24, 2.45) is 12.8 Å².